The van der Waals surface area contributed by atoms with Crippen LogP contribution in [0.1, 0.15) is 18.2 Å². The standard InChI is InChI=1S/C24H19ClN2O4/c1-16(28)30-15-20-7-4-18-12-21(8-9-23(18)26-20)27-11-10-22(13-24(27)29)31-14-17-2-5-19(25)6-3-17/h2-13H,14-15H2,1H3. The molecule has 2 aromatic heterocycles. The summed E-state index contributed by atoms with van der Waals surface area (Å²) in [5, 5.41) is 1.54. The molecule has 0 aliphatic carbocycles. The summed E-state index contributed by atoms with van der Waals surface area (Å²) in [7, 11) is 0. The van der Waals surface area contributed by atoms with Gasteiger partial charge in [0.05, 0.1) is 11.2 Å². The fraction of sp³-hybridized carbons (Fsp3) is 0.125. The third kappa shape index (κ3) is 5.10. The van der Waals surface area contributed by atoms with Crippen molar-refractivity contribution in [3.05, 3.63) is 99.6 Å². The molecule has 156 valence electrons. The van der Waals surface area contributed by atoms with Crippen molar-refractivity contribution in [1.29, 1.82) is 0 Å². The number of hydrogen-bond acceptors (Lipinski definition) is 5. The van der Waals surface area contributed by atoms with Crippen molar-refractivity contribution < 1.29 is 14.3 Å². The lowest BCUT2D eigenvalue weighted by Gasteiger charge is -2.10. The zero-order valence-electron chi connectivity index (χ0n) is 16.7. The summed E-state index contributed by atoms with van der Waals surface area (Å²) >= 11 is 5.89. The smallest absolute Gasteiger partial charge is 0.303 e. The number of carbonyl (C=O) groups is 1. The van der Waals surface area contributed by atoms with Crippen LogP contribution in [-0.4, -0.2) is 15.5 Å². The van der Waals surface area contributed by atoms with Crippen molar-refractivity contribution in [3.8, 4) is 11.4 Å². The second kappa shape index (κ2) is 9.02. The highest BCUT2D eigenvalue weighted by Gasteiger charge is 2.06. The lowest BCUT2D eigenvalue weighted by molar-refractivity contribution is -0.142. The lowest BCUT2D eigenvalue weighted by Crippen LogP contribution is -2.16. The van der Waals surface area contributed by atoms with E-state index in [2.05, 4.69) is 4.98 Å². The molecule has 2 heterocycles. The molecule has 0 fully saturated rings. The molecule has 0 bridgehead atoms. The van der Waals surface area contributed by atoms with Gasteiger partial charge >= 0.3 is 5.97 Å². The zero-order chi connectivity index (χ0) is 21.8. The average Bonchev–Trinajstić information content (AvgIpc) is 2.77. The van der Waals surface area contributed by atoms with Crippen LogP contribution in [0.25, 0.3) is 16.6 Å². The third-order valence-corrected chi connectivity index (χ3v) is 4.89. The molecule has 0 amide bonds. The Balaban J connectivity index is 1.51. The number of aromatic nitrogens is 2. The highest BCUT2D eigenvalue weighted by molar-refractivity contribution is 6.30. The predicted octanol–water partition coefficient (Wildman–Crippen LogP) is 4.68. The van der Waals surface area contributed by atoms with Gasteiger partial charge in [0.2, 0.25) is 0 Å². The van der Waals surface area contributed by atoms with Crippen LogP contribution in [0, 0.1) is 0 Å². The van der Waals surface area contributed by atoms with Crippen molar-refractivity contribution in [2.24, 2.45) is 0 Å². The molecule has 31 heavy (non-hydrogen) atoms. The number of carbonyl (C=O) groups excluding carboxylic acids is 1. The highest BCUT2D eigenvalue weighted by atomic mass is 35.5. The fourth-order valence-corrected chi connectivity index (χ4v) is 3.20. The number of esters is 1. The maximum Gasteiger partial charge on any atom is 0.303 e. The Bertz CT molecular complexity index is 1300. The number of fused-ring (bicyclic) bond motifs is 1. The molecule has 4 rings (SSSR count). The molecule has 0 unspecified atom stereocenters. The minimum atomic E-state index is -0.350. The van der Waals surface area contributed by atoms with E-state index in [1.807, 2.05) is 36.4 Å². The fourth-order valence-electron chi connectivity index (χ4n) is 3.07. The molecule has 0 N–H and O–H groups in total. The number of ether oxygens (including phenoxy) is 2. The molecule has 6 nitrogen and oxygen atoms in total. The van der Waals surface area contributed by atoms with Gasteiger partial charge in [0.1, 0.15) is 19.0 Å². The highest BCUT2D eigenvalue weighted by Crippen LogP contribution is 2.19. The summed E-state index contributed by atoms with van der Waals surface area (Å²) in [5.74, 6) is 0.144. The first-order valence-corrected chi connectivity index (χ1v) is 9.99. The van der Waals surface area contributed by atoms with Gasteiger partial charge in [0.25, 0.3) is 5.56 Å². The van der Waals surface area contributed by atoms with Crippen molar-refractivity contribution in [3.63, 3.8) is 0 Å². The van der Waals surface area contributed by atoms with Gasteiger partial charge in [0, 0.05) is 35.3 Å². The Morgan fingerprint density at radius 1 is 1.00 bits per heavy atom. The first-order chi connectivity index (χ1) is 15.0. The van der Waals surface area contributed by atoms with Gasteiger partial charge in [-0.2, -0.15) is 0 Å². The van der Waals surface area contributed by atoms with E-state index >= 15 is 0 Å². The molecule has 2 aromatic carbocycles. The summed E-state index contributed by atoms with van der Waals surface area (Å²) in [6.07, 6.45) is 1.68. The van der Waals surface area contributed by atoms with Crippen molar-refractivity contribution in [1.82, 2.24) is 9.55 Å². The van der Waals surface area contributed by atoms with E-state index in [9.17, 15) is 9.59 Å². The van der Waals surface area contributed by atoms with Gasteiger partial charge in [-0.3, -0.25) is 14.2 Å². The van der Waals surface area contributed by atoms with Crippen LogP contribution in [0.4, 0.5) is 0 Å². The summed E-state index contributed by atoms with van der Waals surface area (Å²) in [6.45, 7) is 1.83. The first-order valence-electron chi connectivity index (χ1n) is 9.61. The quantitative estimate of drug-likeness (QED) is 0.412. The lowest BCUT2D eigenvalue weighted by atomic mass is 10.1. The van der Waals surface area contributed by atoms with Gasteiger partial charge in [-0.1, -0.05) is 29.8 Å². The van der Waals surface area contributed by atoms with Crippen molar-refractivity contribution in [2.75, 3.05) is 0 Å². The second-order valence-corrected chi connectivity index (χ2v) is 7.38. The van der Waals surface area contributed by atoms with E-state index in [0.717, 1.165) is 22.2 Å². The number of nitrogens with zero attached hydrogens (tertiary/aromatic N) is 2. The molecule has 0 aliphatic rings. The van der Waals surface area contributed by atoms with Gasteiger partial charge in [-0.05, 0) is 48.0 Å². The number of halogens is 1. The topological polar surface area (TPSA) is 70.4 Å². The Kier molecular flexibility index (Phi) is 6.00. The van der Waals surface area contributed by atoms with Crippen LogP contribution >= 0.6 is 11.6 Å². The number of pyridine rings is 2. The molecule has 7 heteroatoms. The maximum atomic E-state index is 12.6. The predicted molar refractivity (Wildman–Crippen MR) is 119 cm³/mol. The van der Waals surface area contributed by atoms with Crippen LogP contribution in [0.15, 0.2) is 77.7 Å². The van der Waals surface area contributed by atoms with E-state index in [0.29, 0.717) is 23.1 Å². The normalized spacial score (nSPS) is 10.8. The minimum Gasteiger partial charge on any atom is -0.489 e. The Morgan fingerprint density at radius 3 is 2.55 bits per heavy atom. The van der Waals surface area contributed by atoms with E-state index < -0.39 is 0 Å². The van der Waals surface area contributed by atoms with Crippen LogP contribution in [0.5, 0.6) is 5.75 Å². The molecule has 0 saturated heterocycles. The molecular formula is C24H19ClN2O4. The van der Waals surface area contributed by atoms with Gasteiger partial charge in [0.15, 0.2) is 0 Å². The summed E-state index contributed by atoms with van der Waals surface area (Å²) in [5.41, 5.74) is 2.89. The van der Waals surface area contributed by atoms with E-state index in [1.165, 1.54) is 13.0 Å². The van der Waals surface area contributed by atoms with E-state index in [-0.39, 0.29) is 18.1 Å². The maximum absolute atomic E-state index is 12.6. The molecule has 0 atom stereocenters. The van der Waals surface area contributed by atoms with Crippen LogP contribution in [-0.2, 0) is 22.7 Å². The molecule has 0 aliphatic heterocycles. The number of hydrogen-bond donors (Lipinski definition) is 0. The SMILES string of the molecule is CC(=O)OCc1ccc2cc(-n3ccc(OCc4ccc(Cl)cc4)cc3=O)ccc2n1. The molecule has 0 spiro atoms. The third-order valence-electron chi connectivity index (χ3n) is 4.64. The number of benzene rings is 2. The Morgan fingerprint density at radius 2 is 1.81 bits per heavy atom. The zero-order valence-corrected chi connectivity index (χ0v) is 17.5. The molecule has 0 saturated carbocycles. The summed E-state index contributed by atoms with van der Waals surface area (Å²) in [4.78, 5) is 28.1. The summed E-state index contributed by atoms with van der Waals surface area (Å²) < 4.78 is 12.3. The monoisotopic (exact) mass is 434 g/mol. The largest absolute Gasteiger partial charge is 0.489 e. The molecule has 0 radical (unpaired) electrons. The van der Waals surface area contributed by atoms with Gasteiger partial charge in [-0.25, -0.2) is 4.98 Å². The molecule has 4 aromatic rings. The van der Waals surface area contributed by atoms with Crippen LogP contribution in [0.2, 0.25) is 5.02 Å². The van der Waals surface area contributed by atoms with Crippen LogP contribution in [0.3, 0.4) is 0 Å². The summed E-state index contributed by atoms with van der Waals surface area (Å²) in [6, 6.07) is 19.8. The average molecular weight is 435 g/mol. The first kappa shape index (κ1) is 20.6. The Hall–Kier alpha value is -3.64. The van der Waals surface area contributed by atoms with Gasteiger partial charge in [-0.15, -0.1) is 0 Å². The van der Waals surface area contributed by atoms with Crippen LogP contribution < -0.4 is 10.3 Å². The van der Waals surface area contributed by atoms with Crippen molar-refractivity contribution >= 4 is 28.5 Å². The van der Waals surface area contributed by atoms with E-state index in [4.69, 9.17) is 21.1 Å². The van der Waals surface area contributed by atoms with Crippen molar-refractivity contribution in [2.45, 2.75) is 20.1 Å². The van der Waals surface area contributed by atoms with E-state index in [1.54, 1.807) is 35.0 Å². The van der Waals surface area contributed by atoms with Gasteiger partial charge < -0.3 is 9.47 Å². The number of rotatable bonds is 6. The Labute approximate surface area is 183 Å². The second-order valence-electron chi connectivity index (χ2n) is 6.95. The molecular weight excluding hydrogens is 416 g/mol. The minimum absolute atomic E-state index is 0.129.